The number of rotatable bonds is 15. The quantitative estimate of drug-likeness (QED) is 0.234. The monoisotopic (exact) mass is 663 g/mol. The lowest BCUT2D eigenvalue weighted by atomic mass is 9.78. The minimum atomic E-state index is -0.826. The van der Waals surface area contributed by atoms with Gasteiger partial charge < -0.3 is 29.5 Å². The summed E-state index contributed by atoms with van der Waals surface area (Å²) in [5, 5.41) is 13.7. The van der Waals surface area contributed by atoms with Gasteiger partial charge in [-0.05, 0) is 78.8 Å². The molecule has 0 aliphatic carbocycles. The molecule has 6 rings (SSSR count). The number of aryl methyl sites for hydroxylation is 1. The lowest BCUT2D eigenvalue weighted by molar-refractivity contribution is -0.212. The van der Waals surface area contributed by atoms with Gasteiger partial charge in [0.05, 0.1) is 44.5 Å². The van der Waals surface area contributed by atoms with E-state index in [0.29, 0.717) is 50.3 Å². The van der Waals surface area contributed by atoms with E-state index < -0.39 is 11.7 Å². The summed E-state index contributed by atoms with van der Waals surface area (Å²) in [6, 6.07) is 19.4. The molecule has 3 fully saturated rings. The number of benzene rings is 3. The summed E-state index contributed by atoms with van der Waals surface area (Å²) >= 11 is 0. The van der Waals surface area contributed by atoms with E-state index in [2.05, 4.69) is 10.2 Å². The van der Waals surface area contributed by atoms with Crippen molar-refractivity contribution < 1.29 is 37.7 Å². The average molecular weight is 664 g/mol. The molecule has 3 saturated heterocycles. The average Bonchev–Trinajstić information content (AvgIpc) is 3.08. The number of aliphatic hydroxyl groups is 1. The van der Waals surface area contributed by atoms with Crippen LogP contribution >= 0.6 is 0 Å². The smallest absolute Gasteiger partial charge is 0.246 e. The number of morpholine rings is 1. The van der Waals surface area contributed by atoms with Gasteiger partial charge in [-0.1, -0.05) is 36.4 Å². The van der Waals surface area contributed by atoms with Gasteiger partial charge in [-0.2, -0.15) is 0 Å². The number of nitrogens with one attached hydrogen (secondary N) is 1. The Morgan fingerprint density at radius 2 is 1.62 bits per heavy atom. The fraction of sp³-hybridized carbons (Fsp3) is 0.459. The summed E-state index contributed by atoms with van der Waals surface area (Å²) in [7, 11) is 0. The number of ether oxygens (including phenoxy) is 3. The number of carbonyl (C=O) groups is 2. The van der Waals surface area contributed by atoms with Crippen LogP contribution in [-0.4, -0.2) is 86.6 Å². The third-order valence-electron chi connectivity index (χ3n) is 9.61. The lowest BCUT2D eigenvalue weighted by Gasteiger charge is -2.48. The molecule has 3 aromatic rings. The van der Waals surface area contributed by atoms with Crippen LogP contribution in [0.15, 0.2) is 72.8 Å². The summed E-state index contributed by atoms with van der Waals surface area (Å²) in [4.78, 5) is 29.8. The molecule has 3 aliphatic rings. The number of hydrogen-bond acceptors (Lipinski definition) is 7. The zero-order valence-electron chi connectivity index (χ0n) is 27.0. The summed E-state index contributed by atoms with van der Waals surface area (Å²) in [6.45, 7) is 5.42. The van der Waals surface area contributed by atoms with Crippen molar-refractivity contribution >= 4 is 17.5 Å². The van der Waals surface area contributed by atoms with Crippen molar-refractivity contribution in [2.45, 2.75) is 43.4 Å². The van der Waals surface area contributed by atoms with Crippen LogP contribution in [-0.2, 0) is 30.2 Å². The normalized spacial score (nSPS) is 21.3. The molecule has 0 saturated carbocycles. The third-order valence-corrected chi connectivity index (χ3v) is 9.61. The minimum absolute atomic E-state index is 0.0163. The number of hydrogen-bond donors (Lipinski definition) is 2. The second kappa shape index (κ2) is 15.7. The van der Waals surface area contributed by atoms with Crippen molar-refractivity contribution in [1.82, 2.24) is 10.2 Å². The molecule has 0 bridgehead atoms. The van der Waals surface area contributed by atoms with Gasteiger partial charge in [0.25, 0.3) is 0 Å². The standard InChI is InChI=1S/C37H43F2N3O6/c38-29-7-5-27(6-8-29)33(43)14-13-32-35(42(36(32)45)31-11-9-30(39)10-12-31)28-3-1-26(2-4-28)15-16-37(24-47-25-37)48-23-34(44)40-17-18-41-19-21-46-22-20-41/h1-12,32-33,35,43H,13-25H2,(H,40,44). The molecule has 11 heteroatoms. The number of amides is 2. The summed E-state index contributed by atoms with van der Waals surface area (Å²) in [5.74, 6) is -1.36. The molecule has 3 unspecified atom stereocenters. The van der Waals surface area contributed by atoms with Crippen molar-refractivity contribution in [3.8, 4) is 0 Å². The number of nitrogens with zero attached hydrogens (tertiary/aromatic N) is 2. The number of carbonyl (C=O) groups excluding carboxylic acids is 2. The second-order valence-corrected chi connectivity index (χ2v) is 12.9. The van der Waals surface area contributed by atoms with Gasteiger partial charge in [0.1, 0.15) is 23.8 Å². The zero-order valence-corrected chi connectivity index (χ0v) is 27.0. The van der Waals surface area contributed by atoms with Crippen LogP contribution in [0, 0.1) is 17.6 Å². The molecular formula is C37H43F2N3O6. The van der Waals surface area contributed by atoms with Crippen molar-refractivity contribution in [2.24, 2.45) is 5.92 Å². The van der Waals surface area contributed by atoms with Gasteiger partial charge in [0.2, 0.25) is 11.8 Å². The molecule has 0 aromatic heterocycles. The second-order valence-electron chi connectivity index (χ2n) is 12.9. The lowest BCUT2D eigenvalue weighted by Crippen LogP contribution is -2.55. The zero-order chi connectivity index (χ0) is 33.5. The largest absolute Gasteiger partial charge is 0.388 e. The Labute approximate surface area is 279 Å². The Hall–Kier alpha value is -3.74. The Morgan fingerprint density at radius 3 is 2.27 bits per heavy atom. The van der Waals surface area contributed by atoms with Gasteiger partial charge in [-0.3, -0.25) is 14.5 Å². The third kappa shape index (κ3) is 8.27. The van der Waals surface area contributed by atoms with Gasteiger partial charge in [-0.15, -0.1) is 0 Å². The number of aliphatic hydroxyl groups excluding tert-OH is 1. The summed E-state index contributed by atoms with van der Waals surface area (Å²) in [5.41, 5.74) is 2.74. The maximum Gasteiger partial charge on any atom is 0.246 e. The molecule has 3 aliphatic heterocycles. The van der Waals surface area contributed by atoms with Crippen molar-refractivity contribution in [3.05, 3.63) is 101 Å². The molecule has 48 heavy (non-hydrogen) atoms. The number of anilines is 1. The van der Waals surface area contributed by atoms with Gasteiger partial charge in [-0.25, -0.2) is 8.78 Å². The van der Waals surface area contributed by atoms with Crippen LogP contribution in [0.5, 0.6) is 0 Å². The molecule has 0 spiro atoms. The predicted molar refractivity (Wildman–Crippen MR) is 175 cm³/mol. The van der Waals surface area contributed by atoms with Crippen LogP contribution in [0.4, 0.5) is 14.5 Å². The first-order chi connectivity index (χ1) is 23.3. The number of β-lactam (4-membered cyclic amide) rings is 1. The summed E-state index contributed by atoms with van der Waals surface area (Å²) in [6.07, 6.45) is 1.36. The van der Waals surface area contributed by atoms with E-state index in [0.717, 1.165) is 50.4 Å². The highest BCUT2D eigenvalue weighted by Crippen LogP contribution is 2.46. The van der Waals surface area contributed by atoms with Crippen molar-refractivity contribution in [2.75, 3.05) is 64.1 Å². The SMILES string of the molecule is O=C(COC1(CCc2ccc(C3C(CCC(O)c4ccc(F)cc4)C(=O)N3c3ccc(F)cc3)cc2)COC1)NCCN1CCOCC1. The maximum absolute atomic E-state index is 13.7. The summed E-state index contributed by atoms with van der Waals surface area (Å²) < 4.78 is 44.0. The van der Waals surface area contributed by atoms with Crippen LogP contribution in [0.25, 0.3) is 0 Å². The van der Waals surface area contributed by atoms with E-state index >= 15 is 0 Å². The van der Waals surface area contributed by atoms with E-state index in [9.17, 15) is 23.5 Å². The molecule has 3 atom stereocenters. The van der Waals surface area contributed by atoms with E-state index in [1.165, 1.54) is 24.3 Å². The highest BCUT2D eigenvalue weighted by molar-refractivity contribution is 6.03. The Bertz CT molecular complexity index is 1510. The molecular weight excluding hydrogens is 620 g/mol. The fourth-order valence-corrected chi connectivity index (χ4v) is 6.62. The minimum Gasteiger partial charge on any atom is -0.388 e. The maximum atomic E-state index is 13.7. The fourth-order valence-electron chi connectivity index (χ4n) is 6.62. The molecule has 3 heterocycles. The first-order valence-electron chi connectivity index (χ1n) is 16.7. The number of halogens is 2. The van der Waals surface area contributed by atoms with Gasteiger partial charge >= 0.3 is 0 Å². The highest BCUT2D eigenvalue weighted by atomic mass is 19.1. The van der Waals surface area contributed by atoms with Crippen LogP contribution < -0.4 is 10.2 Å². The highest BCUT2D eigenvalue weighted by Gasteiger charge is 2.48. The topological polar surface area (TPSA) is 101 Å². The molecule has 0 radical (unpaired) electrons. The molecule has 9 nitrogen and oxygen atoms in total. The molecule has 2 amide bonds. The van der Waals surface area contributed by atoms with Crippen molar-refractivity contribution in [1.29, 1.82) is 0 Å². The van der Waals surface area contributed by atoms with E-state index in [1.807, 2.05) is 24.3 Å². The van der Waals surface area contributed by atoms with E-state index in [4.69, 9.17) is 14.2 Å². The van der Waals surface area contributed by atoms with Crippen LogP contribution in [0.1, 0.15) is 48.1 Å². The Morgan fingerprint density at radius 1 is 0.958 bits per heavy atom. The van der Waals surface area contributed by atoms with Crippen LogP contribution in [0.2, 0.25) is 0 Å². The Balaban J connectivity index is 1.04. The molecule has 2 N–H and O–H groups in total. The predicted octanol–water partition coefficient (Wildman–Crippen LogP) is 4.35. The van der Waals surface area contributed by atoms with E-state index in [1.54, 1.807) is 29.2 Å². The van der Waals surface area contributed by atoms with Gasteiger partial charge in [0.15, 0.2) is 0 Å². The molecule has 256 valence electrons. The first-order valence-corrected chi connectivity index (χ1v) is 16.7. The van der Waals surface area contributed by atoms with Gasteiger partial charge in [0, 0.05) is 31.9 Å². The molecule has 3 aromatic carbocycles. The van der Waals surface area contributed by atoms with Crippen LogP contribution in [0.3, 0.4) is 0 Å². The first kappa shape index (κ1) is 34.1. The Kier molecular flexibility index (Phi) is 11.1. The van der Waals surface area contributed by atoms with Crippen molar-refractivity contribution in [3.63, 3.8) is 0 Å². The van der Waals surface area contributed by atoms with E-state index in [-0.39, 0.29) is 42.0 Å².